The van der Waals surface area contributed by atoms with E-state index in [1.165, 1.54) is 19.4 Å². The van der Waals surface area contributed by atoms with Crippen LogP contribution in [0.2, 0.25) is 0 Å². The van der Waals surface area contributed by atoms with Gasteiger partial charge in [-0.05, 0) is 38.4 Å². The third-order valence-electron chi connectivity index (χ3n) is 4.25. The maximum absolute atomic E-state index is 9.04. The van der Waals surface area contributed by atoms with Crippen molar-refractivity contribution in [3.63, 3.8) is 0 Å². The van der Waals surface area contributed by atoms with Gasteiger partial charge in [0.1, 0.15) is 11.9 Å². The standard InChI is InChI=1S/C14H19N5/c1-10-8-18-6-2-3-11(18)9-19(10)14-5-4-12(16)13(7-15)17-14/h4-5,10-11H,2-3,6,8-9,16H2,1H3. The van der Waals surface area contributed by atoms with Gasteiger partial charge in [-0.15, -0.1) is 0 Å². The van der Waals surface area contributed by atoms with Crippen molar-refractivity contribution in [1.29, 1.82) is 5.26 Å². The first-order valence-electron chi connectivity index (χ1n) is 6.86. The SMILES string of the molecule is CC1CN2CCCC2CN1c1ccc(N)c(C#N)n1. The lowest BCUT2D eigenvalue weighted by molar-refractivity contribution is 0.202. The molecule has 0 radical (unpaired) electrons. The number of nitriles is 1. The fourth-order valence-electron chi connectivity index (χ4n) is 3.22. The first-order chi connectivity index (χ1) is 9.19. The van der Waals surface area contributed by atoms with E-state index in [1.54, 1.807) is 6.07 Å². The van der Waals surface area contributed by atoms with Crippen molar-refractivity contribution in [2.45, 2.75) is 31.8 Å². The van der Waals surface area contributed by atoms with Crippen LogP contribution >= 0.6 is 0 Å². The molecule has 2 atom stereocenters. The molecule has 19 heavy (non-hydrogen) atoms. The number of hydrogen-bond donors (Lipinski definition) is 1. The summed E-state index contributed by atoms with van der Waals surface area (Å²) in [7, 11) is 0. The van der Waals surface area contributed by atoms with Crippen molar-refractivity contribution in [3.8, 4) is 6.07 Å². The van der Waals surface area contributed by atoms with E-state index in [2.05, 4.69) is 27.8 Å². The molecule has 2 saturated heterocycles. The zero-order valence-electron chi connectivity index (χ0n) is 11.2. The zero-order chi connectivity index (χ0) is 13.4. The van der Waals surface area contributed by atoms with Gasteiger partial charge in [-0.25, -0.2) is 4.98 Å². The van der Waals surface area contributed by atoms with Gasteiger partial charge in [0.2, 0.25) is 0 Å². The van der Waals surface area contributed by atoms with E-state index >= 15 is 0 Å². The molecular formula is C14H19N5. The fraction of sp³-hybridized carbons (Fsp3) is 0.571. The van der Waals surface area contributed by atoms with Crippen LogP contribution in [-0.4, -0.2) is 41.6 Å². The molecule has 2 N–H and O–H groups in total. The Bertz CT molecular complexity index is 521. The van der Waals surface area contributed by atoms with Gasteiger partial charge in [0.15, 0.2) is 5.69 Å². The number of nitrogens with zero attached hydrogens (tertiary/aromatic N) is 4. The molecule has 0 bridgehead atoms. The molecule has 1 aromatic rings. The molecule has 5 nitrogen and oxygen atoms in total. The third kappa shape index (κ3) is 2.13. The van der Waals surface area contributed by atoms with E-state index in [-0.39, 0.29) is 0 Å². The quantitative estimate of drug-likeness (QED) is 0.819. The summed E-state index contributed by atoms with van der Waals surface area (Å²) in [6.07, 6.45) is 2.56. The molecule has 2 aliphatic rings. The van der Waals surface area contributed by atoms with Gasteiger partial charge in [0, 0.05) is 25.2 Å². The topological polar surface area (TPSA) is 69.2 Å². The Kier molecular flexibility index (Phi) is 3.03. The highest BCUT2D eigenvalue weighted by atomic mass is 15.3. The van der Waals surface area contributed by atoms with E-state index < -0.39 is 0 Å². The highest BCUT2D eigenvalue weighted by Crippen LogP contribution is 2.28. The van der Waals surface area contributed by atoms with Gasteiger partial charge in [-0.2, -0.15) is 5.26 Å². The number of nitrogen functional groups attached to an aromatic ring is 1. The average molecular weight is 257 g/mol. The molecule has 3 rings (SSSR count). The number of fused-ring (bicyclic) bond motifs is 1. The van der Waals surface area contributed by atoms with Crippen LogP contribution in [0.25, 0.3) is 0 Å². The number of anilines is 2. The maximum atomic E-state index is 9.04. The second-order valence-corrected chi connectivity index (χ2v) is 5.51. The van der Waals surface area contributed by atoms with Gasteiger partial charge in [0.05, 0.1) is 5.69 Å². The lowest BCUT2D eigenvalue weighted by Crippen LogP contribution is -2.55. The number of pyridine rings is 1. The second-order valence-electron chi connectivity index (χ2n) is 5.51. The summed E-state index contributed by atoms with van der Waals surface area (Å²) in [4.78, 5) is 9.29. The van der Waals surface area contributed by atoms with Crippen LogP contribution in [0.1, 0.15) is 25.5 Å². The van der Waals surface area contributed by atoms with Crippen LogP contribution in [-0.2, 0) is 0 Å². The summed E-state index contributed by atoms with van der Waals surface area (Å²) in [6, 6.07) is 6.84. The van der Waals surface area contributed by atoms with Gasteiger partial charge in [0.25, 0.3) is 0 Å². The van der Waals surface area contributed by atoms with E-state index in [0.717, 1.165) is 18.9 Å². The van der Waals surface area contributed by atoms with Crippen LogP contribution in [0.5, 0.6) is 0 Å². The maximum Gasteiger partial charge on any atom is 0.165 e. The summed E-state index contributed by atoms with van der Waals surface area (Å²) < 4.78 is 0. The van der Waals surface area contributed by atoms with Crippen molar-refractivity contribution in [2.75, 3.05) is 30.3 Å². The first-order valence-corrected chi connectivity index (χ1v) is 6.86. The Morgan fingerprint density at radius 3 is 3.05 bits per heavy atom. The molecule has 0 aromatic carbocycles. The minimum absolute atomic E-state index is 0.332. The number of hydrogen-bond acceptors (Lipinski definition) is 5. The molecule has 0 aliphatic carbocycles. The minimum Gasteiger partial charge on any atom is -0.396 e. The zero-order valence-corrected chi connectivity index (χ0v) is 11.2. The Morgan fingerprint density at radius 2 is 2.26 bits per heavy atom. The molecule has 5 heteroatoms. The Labute approximate surface area is 113 Å². The number of nitrogens with two attached hydrogens (primary N) is 1. The molecule has 0 amide bonds. The molecule has 0 spiro atoms. The largest absolute Gasteiger partial charge is 0.396 e. The lowest BCUT2D eigenvalue weighted by atomic mass is 10.1. The summed E-state index contributed by atoms with van der Waals surface area (Å²) in [5, 5.41) is 9.04. The summed E-state index contributed by atoms with van der Waals surface area (Å²) in [5.41, 5.74) is 6.53. The average Bonchev–Trinajstić information content (AvgIpc) is 2.85. The third-order valence-corrected chi connectivity index (χ3v) is 4.25. The molecule has 100 valence electrons. The highest BCUT2D eigenvalue weighted by molar-refractivity contribution is 5.56. The minimum atomic E-state index is 0.332. The molecule has 0 saturated carbocycles. The molecule has 2 unspecified atom stereocenters. The fourth-order valence-corrected chi connectivity index (χ4v) is 3.22. The van der Waals surface area contributed by atoms with Gasteiger partial charge in [-0.1, -0.05) is 0 Å². The molecule has 3 heterocycles. The van der Waals surface area contributed by atoms with E-state index in [9.17, 15) is 0 Å². The summed E-state index contributed by atoms with van der Waals surface area (Å²) >= 11 is 0. The number of piperazine rings is 1. The smallest absolute Gasteiger partial charge is 0.165 e. The predicted octanol–water partition coefficient (Wildman–Crippen LogP) is 1.21. The molecular weight excluding hydrogens is 238 g/mol. The van der Waals surface area contributed by atoms with Crippen molar-refractivity contribution in [3.05, 3.63) is 17.8 Å². The van der Waals surface area contributed by atoms with Crippen molar-refractivity contribution in [2.24, 2.45) is 0 Å². The molecule has 2 fully saturated rings. The lowest BCUT2D eigenvalue weighted by Gasteiger charge is -2.43. The summed E-state index contributed by atoms with van der Waals surface area (Å²) in [6.45, 7) is 5.53. The van der Waals surface area contributed by atoms with Crippen LogP contribution in [0.15, 0.2) is 12.1 Å². The monoisotopic (exact) mass is 257 g/mol. The van der Waals surface area contributed by atoms with Crippen LogP contribution < -0.4 is 10.6 Å². The second kappa shape index (κ2) is 4.71. The van der Waals surface area contributed by atoms with Crippen molar-refractivity contribution < 1.29 is 0 Å². The Balaban J connectivity index is 1.87. The Morgan fingerprint density at radius 1 is 1.42 bits per heavy atom. The highest BCUT2D eigenvalue weighted by Gasteiger charge is 2.34. The van der Waals surface area contributed by atoms with Crippen molar-refractivity contribution in [1.82, 2.24) is 9.88 Å². The normalized spacial score (nSPS) is 27.1. The van der Waals surface area contributed by atoms with Gasteiger partial charge < -0.3 is 10.6 Å². The number of rotatable bonds is 1. The van der Waals surface area contributed by atoms with E-state index in [4.69, 9.17) is 11.0 Å². The van der Waals surface area contributed by atoms with E-state index in [0.29, 0.717) is 23.5 Å². The molecule has 2 aliphatic heterocycles. The molecule has 1 aromatic heterocycles. The van der Waals surface area contributed by atoms with Crippen LogP contribution in [0.4, 0.5) is 11.5 Å². The van der Waals surface area contributed by atoms with Gasteiger partial charge in [-0.3, -0.25) is 4.90 Å². The van der Waals surface area contributed by atoms with Gasteiger partial charge >= 0.3 is 0 Å². The van der Waals surface area contributed by atoms with E-state index in [1.807, 2.05) is 6.07 Å². The predicted molar refractivity (Wildman–Crippen MR) is 74.8 cm³/mol. The summed E-state index contributed by atoms with van der Waals surface area (Å²) in [5.74, 6) is 0.879. The van der Waals surface area contributed by atoms with Crippen LogP contribution in [0.3, 0.4) is 0 Å². The first kappa shape index (κ1) is 12.2. The van der Waals surface area contributed by atoms with Crippen LogP contribution in [0, 0.1) is 11.3 Å². The van der Waals surface area contributed by atoms with Crippen molar-refractivity contribution >= 4 is 11.5 Å². The Hall–Kier alpha value is -1.80. The number of aromatic nitrogens is 1.